The Labute approximate surface area is 150 Å². The van der Waals surface area contributed by atoms with E-state index in [1.165, 1.54) is 0 Å². The van der Waals surface area contributed by atoms with Gasteiger partial charge in [-0.15, -0.1) is 0 Å². The zero-order chi connectivity index (χ0) is 17.9. The minimum Gasteiger partial charge on any atom is -0.443 e. The topological polar surface area (TPSA) is 89.1 Å². The van der Waals surface area contributed by atoms with Crippen molar-refractivity contribution in [3.8, 4) is 0 Å². The second-order valence-corrected chi connectivity index (χ2v) is 7.42. The zero-order valence-electron chi connectivity index (χ0n) is 14.8. The van der Waals surface area contributed by atoms with Crippen LogP contribution in [-0.4, -0.2) is 42.4 Å². The highest BCUT2D eigenvalue weighted by Crippen LogP contribution is 2.39. The number of nitrogens with one attached hydrogen (secondary N) is 1. The molecule has 26 heavy (non-hydrogen) atoms. The van der Waals surface area contributed by atoms with Crippen LogP contribution >= 0.6 is 0 Å². The maximum Gasteiger partial charge on any atom is 0.292 e. The van der Waals surface area contributed by atoms with Crippen LogP contribution in [0.1, 0.15) is 42.0 Å². The standard InChI is InChI=1S/C18H20N6O2/c1-11-9-12-14(22-18(2)3-4-18)20-15(21-16(12)26-11)17(25)24-8-7-23-6-5-19-13(23)10-24/h5-6,9H,3-4,7-8,10H2,1-2H3,(H,20,21,22). The highest BCUT2D eigenvalue weighted by molar-refractivity contribution is 5.95. The number of hydrogen-bond acceptors (Lipinski definition) is 6. The maximum atomic E-state index is 13.0. The number of furan rings is 1. The van der Waals surface area contributed by atoms with Crippen molar-refractivity contribution >= 4 is 22.8 Å². The predicted molar refractivity (Wildman–Crippen MR) is 94.8 cm³/mol. The average Bonchev–Trinajstić information content (AvgIpc) is 3.03. The summed E-state index contributed by atoms with van der Waals surface area (Å²) in [5.41, 5.74) is 0.494. The first-order chi connectivity index (χ1) is 12.5. The third-order valence-corrected chi connectivity index (χ3v) is 5.16. The fraction of sp³-hybridized carbons (Fsp3) is 0.444. The van der Waals surface area contributed by atoms with Gasteiger partial charge in [0.15, 0.2) is 0 Å². The number of nitrogens with zero attached hydrogens (tertiary/aromatic N) is 5. The van der Waals surface area contributed by atoms with E-state index in [2.05, 4.69) is 31.8 Å². The van der Waals surface area contributed by atoms with Crippen LogP contribution in [-0.2, 0) is 13.1 Å². The van der Waals surface area contributed by atoms with Crippen LogP contribution in [0.2, 0.25) is 0 Å². The normalized spacial score (nSPS) is 18.0. The number of aromatic nitrogens is 4. The first-order valence-electron chi connectivity index (χ1n) is 8.86. The Kier molecular flexibility index (Phi) is 3.13. The molecule has 1 aliphatic heterocycles. The van der Waals surface area contributed by atoms with Gasteiger partial charge in [0.25, 0.3) is 5.91 Å². The third-order valence-electron chi connectivity index (χ3n) is 5.16. The van der Waals surface area contributed by atoms with Crippen molar-refractivity contribution in [2.45, 2.75) is 45.3 Å². The summed E-state index contributed by atoms with van der Waals surface area (Å²) < 4.78 is 7.75. The summed E-state index contributed by atoms with van der Waals surface area (Å²) in [4.78, 5) is 28.0. The van der Waals surface area contributed by atoms with E-state index in [9.17, 15) is 4.79 Å². The number of rotatable bonds is 3. The highest BCUT2D eigenvalue weighted by atomic mass is 16.3. The number of fused-ring (bicyclic) bond motifs is 2. The smallest absolute Gasteiger partial charge is 0.292 e. The molecule has 134 valence electrons. The van der Waals surface area contributed by atoms with Crippen molar-refractivity contribution in [3.05, 3.63) is 35.9 Å². The molecule has 3 aromatic heterocycles. The Morgan fingerprint density at radius 1 is 1.31 bits per heavy atom. The fourth-order valence-electron chi connectivity index (χ4n) is 3.32. The average molecular weight is 352 g/mol. The Morgan fingerprint density at radius 3 is 2.96 bits per heavy atom. The molecule has 1 saturated carbocycles. The van der Waals surface area contributed by atoms with Crippen molar-refractivity contribution in [3.63, 3.8) is 0 Å². The summed E-state index contributed by atoms with van der Waals surface area (Å²) >= 11 is 0. The number of carbonyl (C=O) groups is 1. The van der Waals surface area contributed by atoms with E-state index < -0.39 is 0 Å². The molecular formula is C18H20N6O2. The van der Waals surface area contributed by atoms with E-state index in [0.717, 1.165) is 36.4 Å². The van der Waals surface area contributed by atoms with E-state index in [0.29, 0.717) is 24.6 Å². The Balaban J connectivity index is 1.51. The monoisotopic (exact) mass is 352 g/mol. The fourth-order valence-corrected chi connectivity index (χ4v) is 3.32. The number of amides is 1. The van der Waals surface area contributed by atoms with Gasteiger partial charge >= 0.3 is 0 Å². The van der Waals surface area contributed by atoms with Gasteiger partial charge in [0.1, 0.15) is 17.4 Å². The van der Waals surface area contributed by atoms with Crippen LogP contribution in [0.15, 0.2) is 22.9 Å². The Hall–Kier alpha value is -2.90. The summed E-state index contributed by atoms with van der Waals surface area (Å²) in [5, 5.41) is 4.28. The summed E-state index contributed by atoms with van der Waals surface area (Å²) in [5.74, 6) is 2.28. The van der Waals surface area contributed by atoms with E-state index >= 15 is 0 Å². The van der Waals surface area contributed by atoms with Gasteiger partial charge in [-0.2, -0.15) is 4.98 Å². The molecule has 8 heteroatoms. The lowest BCUT2D eigenvalue weighted by molar-refractivity contribution is 0.0695. The Bertz CT molecular complexity index is 1020. The molecule has 1 N–H and O–H groups in total. The van der Waals surface area contributed by atoms with Gasteiger partial charge in [-0.3, -0.25) is 4.79 Å². The molecular weight excluding hydrogens is 332 g/mol. The van der Waals surface area contributed by atoms with Gasteiger partial charge in [0.2, 0.25) is 11.5 Å². The zero-order valence-corrected chi connectivity index (χ0v) is 14.8. The van der Waals surface area contributed by atoms with Gasteiger partial charge in [-0.25, -0.2) is 9.97 Å². The molecule has 0 aromatic carbocycles. The van der Waals surface area contributed by atoms with Gasteiger partial charge in [0, 0.05) is 31.0 Å². The van der Waals surface area contributed by atoms with Crippen molar-refractivity contribution < 1.29 is 9.21 Å². The van der Waals surface area contributed by atoms with E-state index in [1.54, 1.807) is 11.1 Å². The largest absolute Gasteiger partial charge is 0.443 e. The summed E-state index contributed by atoms with van der Waals surface area (Å²) in [7, 11) is 0. The van der Waals surface area contributed by atoms with Crippen molar-refractivity contribution in [2.24, 2.45) is 0 Å². The molecule has 4 heterocycles. The van der Waals surface area contributed by atoms with Crippen LogP contribution in [0, 0.1) is 6.92 Å². The van der Waals surface area contributed by atoms with Crippen molar-refractivity contribution in [1.82, 2.24) is 24.4 Å². The van der Waals surface area contributed by atoms with Crippen LogP contribution < -0.4 is 5.32 Å². The minimum absolute atomic E-state index is 0.0443. The molecule has 0 bridgehead atoms. The second kappa shape index (κ2) is 5.30. The lowest BCUT2D eigenvalue weighted by Gasteiger charge is -2.27. The summed E-state index contributed by atoms with van der Waals surface area (Å²) in [6, 6.07) is 1.91. The van der Waals surface area contributed by atoms with Gasteiger partial charge < -0.3 is 19.2 Å². The number of hydrogen-bond donors (Lipinski definition) is 1. The number of anilines is 1. The predicted octanol–water partition coefficient (Wildman–Crippen LogP) is 2.35. The second-order valence-electron chi connectivity index (χ2n) is 7.42. The molecule has 0 spiro atoms. The van der Waals surface area contributed by atoms with Crippen LogP contribution in [0.5, 0.6) is 0 Å². The van der Waals surface area contributed by atoms with E-state index in [1.807, 2.05) is 19.2 Å². The maximum absolute atomic E-state index is 13.0. The molecule has 8 nitrogen and oxygen atoms in total. The van der Waals surface area contributed by atoms with Gasteiger partial charge in [-0.1, -0.05) is 0 Å². The molecule has 0 unspecified atom stereocenters. The quantitative estimate of drug-likeness (QED) is 0.778. The molecule has 0 atom stereocenters. The lowest BCUT2D eigenvalue weighted by Crippen LogP contribution is -2.39. The van der Waals surface area contributed by atoms with Crippen molar-refractivity contribution in [1.29, 1.82) is 0 Å². The summed E-state index contributed by atoms with van der Waals surface area (Å²) in [6.07, 6.45) is 5.88. The molecule has 5 rings (SSSR count). The molecule has 1 aliphatic carbocycles. The highest BCUT2D eigenvalue weighted by Gasteiger charge is 2.38. The minimum atomic E-state index is -0.195. The van der Waals surface area contributed by atoms with E-state index in [4.69, 9.17) is 4.42 Å². The van der Waals surface area contributed by atoms with Crippen LogP contribution in [0.3, 0.4) is 0 Å². The number of imidazole rings is 1. The van der Waals surface area contributed by atoms with Crippen LogP contribution in [0.4, 0.5) is 5.82 Å². The summed E-state index contributed by atoms with van der Waals surface area (Å²) in [6.45, 7) is 5.83. The third kappa shape index (κ3) is 2.53. The van der Waals surface area contributed by atoms with Gasteiger partial charge in [0.05, 0.1) is 11.9 Å². The lowest BCUT2D eigenvalue weighted by atomic mass is 10.2. The number of aryl methyl sites for hydroxylation is 1. The molecule has 1 amide bonds. The molecule has 2 aliphatic rings. The first kappa shape index (κ1) is 15.4. The SMILES string of the molecule is Cc1cc2c(NC3(C)CC3)nc(C(=O)N3CCn4ccnc4C3)nc2o1. The first-order valence-corrected chi connectivity index (χ1v) is 8.86. The number of carbonyl (C=O) groups excluding carboxylic acids is 1. The van der Waals surface area contributed by atoms with Crippen molar-refractivity contribution in [2.75, 3.05) is 11.9 Å². The molecule has 0 radical (unpaired) electrons. The Morgan fingerprint density at radius 2 is 2.15 bits per heavy atom. The molecule has 0 saturated heterocycles. The molecule has 3 aromatic rings. The van der Waals surface area contributed by atoms with E-state index in [-0.39, 0.29) is 17.3 Å². The molecule has 1 fully saturated rings. The van der Waals surface area contributed by atoms with Crippen LogP contribution in [0.25, 0.3) is 11.1 Å². The van der Waals surface area contributed by atoms with Gasteiger partial charge in [-0.05, 0) is 32.8 Å².